The van der Waals surface area contributed by atoms with E-state index in [0.717, 1.165) is 16.9 Å². The van der Waals surface area contributed by atoms with Gasteiger partial charge in [-0.2, -0.15) is 9.57 Å². The van der Waals surface area contributed by atoms with E-state index < -0.39 is 22.2 Å². The van der Waals surface area contributed by atoms with E-state index in [2.05, 4.69) is 26.3 Å². The second-order valence-electron chi connectivity index (χ2n) is 8.41. The molecule has 4 rings (SSSR count). The molecule has 1 atom stereocenters. The fourth-order valence-corrected chi connectivity index (χ4v) is 5.87. The minimum atomic E-state index is -4.03. The first-order valence-corrected chi connectivity index (χ1v) is 12.3. The number of carboxylic acid groups (broad SMARTS) is 1. The van der Waals surface area contributed by atoms with Gasteiger partial charge in [-0.1, -0.05) is 0 Å². The van der Waals surface area contributed by atoms with Gasteiger partial charge in [0, 0.05) is 57.9 Å². The zero-order valence-corrected chi connectivity index (χ0v) is 20.2. The van der Waals surface area contributed by atoms with Crippen LogP contribution in [0.25, 0.3) is 0 Å². The minimum absolute atomic E-state index is 0.0668. The Morgan fingerprint density at radius 2 is 2.14 bits per heavy atom. The molecule has 1 unspecified atom stereocenters. The first-order valence-electron chi connectivity index (χ1n) is 10.9. The average molecular weight is 499 g/mol. The van der Waals surface area contributed by atoms with Crippen molar-refractivity contribution >= 4 is 21.8 Å². The summed E-state index contributed by atoms with van der Waals surface area (Å²) in [6, 6.07) is 7.02. The van der Waals surface area contributed by atoms with Gasteiger partial charge in [-0.05, 0) is 30.2 Å². The molecule has 1 aliphatic heterocycles. The second-order valence-corrected chi connectivity index (χ2v) is 10.3. The van der Waals surface area contributed by atoms with E-state index in [9.17, 15) is 18.5 Å². The number of nitrogens with zero attached hydrogens (tertiary/aromatic N) is 7. The molecule has 3 aromatic rings. The van der Waals surface area contributed by atoms with Crippen molar-refractivity contribution in [2.24, 2.45) is 14.1 Å². The van der Waals surface area contributed by atoms with Crippen LogP contribution in [0, 0.1) is 11.3 Å². The van der Waals surface area contributed by atoms with Crippen LogP contribution in [0.4, 0.5) is 10.5 Å². The summed E-state index contributed by atoms with van der Waals surface area (Å²) < 4.78 is 32.0. The SMILES string of the molecule is Cn1cnc(S(=O)(=O)N(CCNC(=O)O)C2Cc3cc(C#N)ccc3N(Cc3cncn3C)C2)c1. The van der Waals surface area contributed by atoms with E-state index in [1.807, 2.05) is 17.7 Å². The van der Waals surface area contributed by atoms with Crippen LogP contribution in [0.3, 0.4) is 0 Å². The second kappa shape index (κ2) is 9.77. The van der Waals surface area contributed by atoms with Crippen molar-refractivity contribution in [3.8, 4) is 6.07 Å². The summed E-state index contributed by atoms with van der Waals surface area (Å²) in [5, 5.41) is 20.6. The fraction of sp³-hybridized carbons (Fsp3) is 0.364. The summed E-state index contributed by atoms with van der Waals surface area (Å²) in [7, 11) is -0.464. The largest absolute Gasteiger partial charge is 0.465 e. The molecule has 1 aromatic carbocycles. The van der Waals surface area contributed by atoms with E-state index >= 15 is 0 Å². The number of benzene rings is 1. The molecule has 2 N–H and O–H groups in total. The van der Waals surface area contributed by atoms with Crippen LogP contribution in [0.15, 0.2) is 48.3 Å². The number of nitrogens with one attached hydrogen (secondary N) is 1. The number of aryl methyl sites for hydroxylation is 2. The summed E-state index contributed by atoms with van der Waals surface area (Å²) in [5.41, 5.74) is 3.18. The number of fused-ring (bicyclic) bond motifs is 1. The smallest absolute Gasteiger partial charge is 0.404 e. The van der Waals surface area contributed by atoms with Crippen molar-refractivity contribution in [1.82, 2.24) is 28.7 Å². The van der Waals surface area contributed by atoms with Crippen LogP contribution in [-0.2, 0) is 37.1 Å². The third kappa shape index (κ3) is 5.13. The highest BCUT2D eigenvalue weighted by molar-refractivity contribution is 7.89. The maximum Gasteiger partial charge on any atom is 0.404 e. The van der Waals surface area contributed by atoms with Crippen molar-refractivity contribution in [3.63, 3.8) is 0 Å². The lowest BCUT2D eigenvalue weighted by atomic mass is 9.95. The molecule has 0 spiro atoms. The van der Waals surface area contributed by atoms with Gasteiger partial charge in [-0.25, -0.2) is 23.2 Å². The highest BCUT2D eigenvalue weighted by Gasteiger charge is 2.37. The van der Waals surface area contributed by atoms with E-state index in [1.54, 1.807) is 36.3 Å². The lowest BCUT2D eigenvalue weighted by Crippen LogP contribution is -2.52. The highest BCUT2D eigenvalue weighted by Crippen LogP contribution is 2.32. The summed E-state index contributed by atoms with van der Waals surface area (Å²) in [6.07, 6.45) is 5.42. The van der Waals surface area contributed by atoms with Gasteiger partial charge < -0.3 is 24.5 Å². The number of hydrogen-bond donors (Lipinski definition) is 2. The predicted octanol–water partition coefficient (Wildman–Crippen LogP) is 0.915. The molecule has 12 nitrogen and oxygen atoms in total. The molecule has 2 aromatic heterocycles. The number of anilines is 1. The van der Waals surface area contributed by atoms with Crippen LogP contribution in [0.1, 0.15) is 16.8 Å². The first kappa shape index (κ1) is 24.2. The predicted molar refractivity (Wildman–Crippen MR) is 126 cm³/mol. The summed E-state index contributed by atoms with van der Waals surface area (Å²) in [4.78, 5) is 21.3. The fourth-order valence-electron chi connectivity index (χ4n) is 4.29. The van der Waals surface area contributed by atoms with Gasteiger partial charge in [0.25, 0.3) is 10.0 Å². The standard InChI is InChI=1S/C22H26N8O4S/c1-27-13-21(26-15-27)35(33,34)30(6-5-25-22(31)32)18-8-17-7-16(9-23)3-4-20(17)29(11-18)12-19-10-24-14-28(19)2/h3-4,7,10,13-15,18,25H,5-6,8,11-12H2,1-2H3,(H,31,32). The van der Waals surface area contributed by atoms with Crippen molar-refractivity contribution < 1.29 is 18.3 Å². The van der Waals surface area contributed by atoms with Gasteiger partial charge in [0.05, 0.1) is 36.5 Å². The Bertz CT molecular complexity index is 1370. The van der Waals surface area contributed by atoms with Gasteiger partial charge in [0.2, 0.25) is 0 Å². The van der Waals surface area contributed by atoms with Gasteiger partial charge >= 0.3 is 6.09 Å². The van der Waals surface area contributed by atoms with Gasteiger partial charge in [-0.15, -0.1) is 0 Å². The molecule has 0 aliphatic carbocycles. The first-order chi connectivity index (χ1) is 16.7. The van der Waals surface area contributed by atoms with E-state index in [0.29, 0.717) is 25.1 Å². The molecule has 3 heterocycles. The quantitative estimate of drug-likeness (QED) is 0.465. The topological polar surface area (TPSA) is 149 Å². The minimum Gasteiger partial charge on any atom is -0.465 e. The lowest BCUT2D eigenvalue weighted by Gasteiger charge is -2.40. The third-order valence-corrected chi connectivity index (χ3v) is 7.81. The van der Waals surface area contributed by atoms with Gasteiger partial charge in [0.15, 0.2) is 5.03 Å². The molecule has 13 heteroatoms. The normalized spacial score (nSPS) is 15.6. The zero-order chi connectivity index (χ0) is 25.2. The molecular formula is C22H26N8O4S. The molecular weight excluding hydrogens is 472 g/mol. The number of imidazole rings is 2. The molecule has 0 saturated heterocycles. The van der Waals surface area contributed by atoms with Crippen molar-refractivity contribution in [2.45, 2.75) is 24.0 Å². The molecule has 0 radical (unpaired) electrons. The Balaban J connectivity index is 1.73. The number of hydrogen-bond acceptors (Lipinski definition) is 7. The van der Waals surface area contributed by atoms with Gasteiger partial charge in [-0.3, -0.25) is 0 Å². The Morgan fingerprint density at radius 1 is 1.34 bits per heavy atom. The van der Waals surface area contributed by atoms with Crippen LogP contribution in [0.2, 0.25) is 0 Å². The maximum atomic E-state index is 13.6. The number of aromatic nitrogens is 4. The number of carbonyl (C=O) groups is 1. The number of nitriles is 1. The zero-order valence-electron chi connectivity index (χ0n) is 19.4. The van der Waals surface area contributed by atoms with Crippen LogP contribution < -0.4 is 10.2 Å². The maximum absolute atomic E-state index is 13.6. The highest BCUT2D eigenvalue weighted by atomic mass is 32.2. The van der Waals surface area contributed by atoms with Crippen LogP contribution >= 0.6 is 0 Å². The van der Waals surface area contributed by atoms with Crippen LogP contribution in [-0.4, -0.2) is 68.7 Å². The molecule has 1 aliphatic rings. The molecule has 35 heavy (non-hydrogen) atoms. The van der Waals surface area contributed by atoms with E-state index in [4.69, 9.17) is 5.11 Å². The lowest BCUT2D eigenvalue weighted by molar-refractivity contribution is 0.192. The summed E-state index contributed by atoms with van der Waals surface area (Å²) in [6.45, 7) is 0.702. The van der Waals surface area contributed by atoms with Gasteiger partial charge in [0.1, 0.15) is 0 Å². The average Bonchev–Trinajstić information content (AvgIpc) is 3.44. The molecule has 0 bridgehead atoms. The Morgan fingerprint density at radius 3 is 2.77 bits per heavy atom. The molecule has 184 valence electrons. The number of rotatable bonds is 8. The number of sulfonamides is 1. The Labute approximate surface area is 203 Å². The monoisotopic (exact) mass is 498 g/mol. The number of amides is 1. The van der Waals surface area contributed by atoms with Crippen molar-refractivity contribution in [1.29, 1.82) is 5.26 Å². The third-order valence-electron chi connectivity index (χ3n) is 5.98. The Hall–Kier alpha value is -3.89. The van der Waals surface area contributed by atoms with Crippen molar-refractivity contribution in [3.05, 3.63) is 60.1 Å². The summed E-state index contributed by atoms with van der Waals surface area (Å²) >= 11 is 0. The van der Waals surface area contributed by atoms with E-state index in [-0.39, 0.29) is 18.1 Å². The molecule has 1 amide bonds. The van der Waals surface area contributed by atoms with E-state index in [1.165, 1.54) is 16.8 Å². The molecule has 0 saturated carbocycles. The Kier molecular flexibility index (Phi) is 6.77. The molecule has 0 fully saturated rings. The van der Waals surface area contributed by atoms with Crippen molar-refractivity contribution in [2.75, 3.05) is 24.5 Å². The summed E-state index contributed by atoms with van der Waals surface area (Å²) in [5.74, 6) is 0. The van der Waals surface area contributed by atoms with Crippen LogP contribution in [0.5, 0.6) is 0 Å².